The quantitative estimate of drug-likeness (QED) is 0.290. The third-order valence-corrected chi connectivity index (χ3v) is 7.74. The van der Waals surface area contributed by atoms with E-state index in [1.807, 2.05) is 45.0 Å². The van der Waals surface area contributed by atoms with E-state index in [1.165, 1.54) is 35.4 Å². The number of fused-ring (bicyclic) bond motifs is 2. The summed E-state index contributed by atoms with van der Waals surface area (Å²) >= 11 is 0. The fraction of sp³-hybridized carbons (Fsp3) is 0.394. The third-order valence-electron chi connectivity index (χ3n) is 7.74. The van der Waals surface area contributed by atoms with Gasteiger partial charge in [-0.3, -0.25) is 9.59 Å². The van der Waals surface area contributed by atoms with Crippen molar-refractivity contribution in [1.29, 1.82) is 0 Å². The zero-order valence-corrected chi connectivity index (χ0v) is 27.4. The van der Waals surface area contributed by atoms with E-state index >= 15 is 0 Å². The van der Waals surface area contributed by atoms with Gasteiger partial charge in [0.2, 0.25) is 5.76 Å². The molecule has 2 aromatic carbocycles. The average Bonchev–Trinajstić information content (AvgIpc) is 3.68. The van der Waals surface area contributed by atoms with Gasteiger partial charge < -0.3 is 34.2 Å². The van der Waals surface area contributed by atoms with Crippen molar-refractivity contribution in [1.82, 2.24) is 20.1 Å². The lowest BCUT2D eigenvalue weighted by atomic mass is 9.93. The van der Waals surface area contributed by atoms with Gasteiger partial charge in [0.25, 0.3) is 17.7 Å². The molecule has 12 heteroatoms. The van der Waals surface area contributed by atoms with E-state index < -0.39 is 0 Å². The second-order valence-electron chi connectivity index (χ2n) is 12.4. The first-order valence-electron chi connectivity index (χ1n) is 14.7. The van der Waals surface area contributed by atoms with Crippen molar-refractivity contribution in [3.05, 3.63) is 88.0 Å². The highest BCUT2D eigenvalue weighted by atomic mass is 35.5. The molecule has 0 saturated carbocycles. The smallest absolute Gasteiger partial charge is 0.294 e. The molecule has 2 aromatic heterocycles. The minimum atomic E-state index is -0.338. The molecule has 11 nitrogen and oxygen atoms in total. The number of nitrogens with one attached hydrogen (secondary N) is 2. The average molecular weight is 637 g/mol. The molecule has 0 unspecified atom stereocenters. The molecule has 2 aliphatic heterocycles. The Labute approximate surface area is 269 Å². The van der Waals surface area contributed by atoms with Crippen LogP contribution in [0.15, 0.2) is 57.6 Å². The lowest BCUT2D eigenvalue weighted by Crippen LogP contribution is -2.26. The molecule has 0 atom stereocenters. The predicted molar refractivity (Wildman–Crippen MR) is 174 cm³/mol. The summed E-state index contributed by atoms with van der Waals surface area (Å²) in [6, 6.07) is 15.3. The van der Waals surface area contributed by atoms with Crippen LogP contribution >= 0.6 is 12.4 Å². The molecule has 6 rings (SSSR count). The van der Waals surface area contributed by atoms with Gasteiger partial charge in [0.1, 0.15) is 5.76 Å². The lowest BCUT2D eigenvalue weighted by Gasteiger charge is -2.25. The minimum absolute atomic E-state index is 0. The maximum Gasteiger partial charge on any atom is 0.294 e. The first-order chi connectivity index (χ1) is 21.0. The van der Waals surface area contributed by atoms with Crippen LogP contribution in [-0.2, 0) is 31.3 Å². The largest absolute Gasteiger partial charge is 0.479 e. The Hall–Kier alpha value is -4.19. The summed E-state index contributed by atoms with van der Waals surface area (Å²) in [6.07, 6.45) is 2.09. The van der Waals surface area contributed by atoms with Crippen molar-refractivity contribution in [3.63, 3.8) is 0 Å². The van der Waals surface area contributed by atoms with Gasteiger partial charge in [0, 0.05) is 49.0 Å². The maximum absolute atomic E-state index is 12.3. The molecular formula is C33H41ClN6O5. The zero-order chi connectivity index (χ0) is 31.4. The summed E-state index contributed by atoms with van der Waals surface area (Å²) in [4.78, 5) is 28.9. The molecule has 0 aliphatic carbocycles. The van der Waals surface area contributed by atoms with E-state index in [9.17, 15) is 9.59 Å². The van der Waals surface area contributed by atoms with Crippen LogP contribution in [0.4, 0.5) is 11.4 Å². The molecule has 4 aromatic rings. The molecular weight excluding hydrogens is 596 g/mol. The molecule has 0 bridgehead atoms. The molecule has 0 saturated heterocycles. The van der Waals surface area contributed by atoms with Crippen LogP contribution in [0.1, 0.15) is 69.8 Å². The summed E-state index contributed by atoms with van der Waals surface area (Å²) in [7, 11) is 5.67. The van der Waals surface area contributed by atoms with Gasteiger partial charge in [-0.05, 0) is 78.6 Å². The second-order valence-corrected chi connectivity index (χ2v) is 12.4. The van der Waals surface area contributed by atoms with Crippen molar-refractivity contribution in [2.24, 2.45) is 0 Å². The van der Waals surface area contributed by atoms with E-state index in [4.69, 9.17) is 13.8 Å². The normalized spacial score (nSPS) is 14.6. The highest BCUT2D eigenvalue weighted by Crippen LogP contribution is 2.25. The lowest BCUT2D eigenvalue weighted by molar-refractivity contribution is 0.0985. The Balaban J connectivity index is 0.000000201. The van der Waals surface area contributed by atoms with Gasteiger partial charge in [0.05, 0.1) is 13.2 Å². The van der Waals surface area contributed by atoms with Gasteiger partial charge in [-0.25, -0.2) is 0 Å². The Bertz CT molecular complexity index is 1640. The summed E-state index contributed by atoms with van der Waals surface area (Å²) in [5, 5.41) is 13.2. The number of rotatable bonds is 5. The molecule has 2 amide bonds. The summed E-state index contributed by atoms with van der Waals surface area (Å²) in [5.74, 6) is 0.534. The molecule has 2 N–H and O–H groups in total. The minimum Gasteiger partial charge on any atom is -0.479 e. The monoisotopic (exact) mass is 636 g/mol. The fourth-order valence-corrected chi connectivity index (χ4v) is 5.14. The Kier molecular flexibility index (Phi) is 10.7. The van der Waals surface area contributed by atoms with Crippen LogP contribution in [0, 0.1) is 0 Å². The van der Waals surface area contributed by atoms with Crippen molar-refractivity contribution in [2.75, 3.05) is 44.9 Å². The number of nitrogens with zero attached hydrogens (tertiary/aromatic N) is 4. The standard InChI is InChI=1S/C18H23N3O2.C15H17N3O3.ClH/c1-18(2,3)16-10-15(20-23-16)17(22)19-14-6-5-12-7-8-21(4)11-13(12)9-14;1-18-6-5-10-3-4-12(7-11(10)9-18)16-15(19)13-8-14(20-2)17-21-13;/h5-6,9-10H,7-8,11H2,1-4H3,(H,19,22);3-4,7-8H,5-6,9H2,1-2H3,(H,16,19);1H. The number of likely N-dealkylation sites (N-methyl/N-ethyl adjacent to an activating group) is 2. The highest BCUT2D eigenvalue weighted by molar-refractivity contribution is 6.03. The Morgan fingerprint density at radius 3 is 1.82 bits per heavy atom. The molecule has 0 fully saturated rings. The molecule has 240 valence electrons. The van der Waals surface area contributed by atoms with Crippen molar-refractivity contribution in [3.8, 4) is 5.88 Å². The van der Waals surface area contributed by atoms with Crippen molar-refractivity contribution in [2.45, 2.75) is 52.1 Å². The molecule has 4 heterocycles. The molecule has 2 aliphatic rings. The number of methoxy groups -OCH3 is 1. The number of anilines is 2. The number of hydrogen-bond acceptors (Lipinski definition) is 9. The van der Waals surface area contributed by atoms with Gasteiger partial charge in [-0.15, -0.1) is 12.4 Å². The highest BCUT2D eigenvalue weighted by Gasteiger charge is 2.23. The van der Waals surface area contributed by atoms with Crippen LogP contribution in [-0.4, -0.2) is 66.2 Å². The summed E-state index contributed by atoms with van der Waals surface area (Å²) in [5.41, 5.74) is 6.91. The van der Waals surface area contributed by atoms with E-state index in [2.05, 4.69) is 57.0 Å². The number of halogens is 1. The van der Waals surface area contributed by atoms with Crippen molar-refractivity contribution < 1.29 is 23.4 Å². The first-order valence-corrected chi connectivity index (χ1v) is 14.7. The number of ether oxygens (including phenoxy) is 1. The van der Waals surface area contributed by atoms with E-state index in [0.29, 0.717) is 11.5 Å². The zero-order valence-electron chi connectivity index (χ0n) is 26.6. The maximum atomic E-state index is 12.3. The Morgan fingerprint density at radius 1 is 0.778 bits per heavy atom. The van der Waals surface area contributed by atoms with Crippen LogP contribution in [0.25, 0.3) is 0 Å². The van der Waals surface area contributed by atoms with Crippen LogP contribution < -0.4 is 15.4 Å². The summed E-state index contributed by atoms with van der Waals surface area (Å²) in [6.45, 7) is 10.0. The molecule has 0 radical (unpaired) electrons. The Morgan fingerprint density at radius 2 is 1.33 bits per heavy atom. The number of carbonyl (C=O) groups is 2. The van der Waals surface area contributed by atoms with E-state index in [1.54, 1.807) is 6.07 Å². The van der Waals surface area contributed by atoms with Crippen molar-refractivity contribution >= 4 is 35.6 Å². The van der Waals surface area contributed by atoms with Gasteiger partial charge >= 0.3 is 0 Å². The summed E-state index contributed by atoms with van der Waals surface area (Å²) < 4.78 is 15.1. The van der Waals surface area contributed by atoms with Gasteiger partial charge in [-0.2, -0.15) is 0 Å². The first kappa shape index (κ1) is 33.7. The fourth-order valence-electron chi connectivity index (χ4n) is 5.14. The number of amides is 2. The number of aromatic nitrogens is 2. The SMILES string of the molecule is CN1CCc2ccc(NC(=O)c3cc(C(C)(C)C)on3)cc2C1.COc1cc(C(=O)Nc2ccc3c(c2)CN(C)CC3)on1.Cl. The number of hydrogen-bond donors (Lipinski definition) is 2. The van der Waals surface area contributed by atoms with Gasteiger partial charge in [-0.1, -0.05) is 38.1 Å². The predicted octanol–water partition coefficient (Wildman–Crippen LogP) is 5.56. The molecule has 0 spiro atoms. The van der Waals surface area contributed by atoms with E-state index in [0.717, 1.165) is 50.4 Å². The number of carbonyl (C=O) groups excluding carboxylic acids is 2. The molecule has 45 heavy (non-hydrogen) atoms. The van der Waals surface area contributed by atoms with Gasteiger partial charge in [0.15, 0.2) is 5.69 Å². The number of benzene rings is 2. The topological polar surface area (TPSA) is 126 Å². The third kappa shape index (κ3) is 8.50. The van der Waals surface area contributed by atoms with Crippen LogP contribution in [0.2, 0.25) is 0 Å². The second kappa shape index (κ2) is 14.3. The van der Waals surface area contributed by atoms with Crippen LogP contribution in [0.3, 0.4) is 0 Å². The van der Waals surface area contributed by atoms with E-state index in [-0.39, 0.29) is 41.3 Å². The van der Waals surface area contributed by atoms with Crippen LogP contribution in [0.5, 0.6) is 5.88 Å².